The predicted octanol–water partition coefficient (Wildman–Crippen LogP) is 2.88. The van der Waals surface area contributed by atoms with E-state index < -0.39 is 0 Å². The fourth-order valence-corrected chi connectivity index (χ4v) is 3.11. The summed E-state index contributed by atoms with van der Waals surface area (Å²) in [4.78, 5) is 4.25. The normalized spacial score (nSPS) is 14.4. The molecule has 0 bridgehead atoms. The van der Waals surface area contributed by atoms with E-state index in [0.29, 0.717) is 5.82 Å². The second kappa shape index (κ2) is 4.34. The molecule has 0 aliphatic heterocycles. The molecule has 3 aromatic rings. The van der Waals surface area contributed by atoms with Gasteiger partial charge in [0.2, 0.25) is 0 Å². The van der Waals surface area contributed by atoms with Crippen molar-refractivity contribution < 1.29 is 0 Å². The van der Waals surface area contributed by atoms with Gasteiger partial charge in [0, 0.05) is 29.0 Å². The Hall–Kier alpha value is -2.36. The first-order valence-corrected chi connectivity index (χ1v) is 7.04. The SMILES string of the molecule is Nc1nn(-c2cccc3ccncc23)c2c1CCCC2. The number of fused-ring (bicyclic) bond motifs is 2. The number of nitrogens with two attached hydrogens (primary N) is 1. The van der Waals surface area contributed by atoms with Crippen LogP contribution in [0, 0.1) is 0 Å². The average molecular weight is 264 g/mol. The molecular formula is C16H16N4. The van der Waals surface area contributed by atoms with Crippen LogP contribution >= 0.6 is 0 Å². The second-order valence-electron chi connectivity index (χ2n) is 5.30. The van der Waals surface area contributed by atoms with Crippen LogP contribution in [0.25, 0.3) is 16.5 Å². The highest BCUT2D eigenvalue weighted by Crippen LogP contribution is 2.30. The number of pyridine rings is 1. The quantitative estimate of drug-likeness (QED) is 0.735. The fourth-order valence-electron chi connectivity index (χ4n) is 3.11. The molecule has 2 N–H and O–H groups in total. The van der Waals surface area contributed by atoms with E-state index in [2.05, 4.69) is 28.3 Å². The summed E-state index contributed by atoms with van der Waals surface area (Å²) in [6.45, 7) is 0. The zero-order valence-electron chi connectivity index (χ0n) is 11.2. The highest BCUT2D eigenvalue weighted by atomic mass is 15.3. The van der Waals surface area contributed by atoms with Gasteiger partial charge in [0.1, 0.15) is 5.82 Å². The number of anilines is 1. The summed E-state index contributed by atoms with van der Waals surface area (Å²) in [6.07, 6.45) is 8.23. The molecule has 0 fully saturated rings. The van der Waals surface area contributed by atoms with E-state index in [1.54, 1.807) is 0 Å². The Morgan fingerprint density at radius 2 is 2.00 bits per heavy atom. The Labute approximate surface area is 117 Å². The number of benzene rings is 1. The minimum Gasteiger partial charge on any atom is -0.382 e. The van der Waals surface area contributed by atoms with Crippen molar-refractivity contribution in [2.24, 2.45) is 0 Å². The summed E-state index contributed by atoms with van der Waals surface area (Å²) in [5, 5.41) is 6.87. The lowest BCUT2D eigenvalue weighted by Gasteiger charge is -2.14. The van der Waals surface area contributed by atoms with Crippen LogP contribution in [0.4, 0.5) is 5.82 Å². The van der Waals surface area contributed by atoms with Crippen LogP contribution < -0.4 is 5.73 Å². The van der Waals surface area contributed by atoms with E-state index in [9.17, 15) is 0 Å². The molecule has 1 aliphatic carbocycles. The van der Waals surface area contributed by atoms with Gasteiger partial charge >= 0.3 is 0 Å². The molecule has 4 nitrogen and oxygen atoms in total. The average Bonchev–Trinajstić information content (AvgIpc) is 2.84. The standard InChI is InChI=1S/C16H16N4/c17-16-12-5-1-2-6-14(12)20(19-16)15-7-3-4-11-8-9-18-10-13(11)15/h3-4,7-10H,1-2,5-6H2,(H2,17,19). The van der Waals surface area contributed by atoms with Gasteiger partial charge < -0.3 is 5.73 Å². The maximum absolute atomic E-state index is 6.10. The minimum atomic E-state index is 0.681. The Morgan fingerprint density at radius 1 is 1.10 bits per heavy atom. The Balaban J connectivity index is 2.00. The first kappa shape index (κ1) is 11.5. The third-order valence-electron chi connectivity index (χ3n) is 4.10. The lowest BCUT2D eigenvalue weighted by molar-refractivity contribution is 0.654. The van der Waals surface area contributed by atoms with Gasteiger partial charge in [0.15, 0.2) is 0 Å². The lowest BCUT2D eigenvalue weighted by Crippen LogP contribution is -2.08. The maximum atomic E-state index is 6.10. The number of aromatic nitrogens is 3. The molecule has 4 rings (SSSR count). The highest BCUT2D eigenvalue weighted by Gasteiger charge is 2.20. The van der Waals surface area contributed by atoms with E-state index in [1.807, 2.05) is 23.1 Å². The van der Waals surface area contributed by atoms with Crippen LogP contribution in [0.15, 0.2) is 36.7 Å². The molecule has 0 saturated carbocycles. The van der Waals surface area contributed by atoms with E-state index in [0.717, 1.165) is 23.9 Å². The van der Waals surface area contributed by atoms with Crippen molar-refractivity contribution in [2.75, 3.05) is 5.73 Å². The number of nitrogens with zero attached hydrogens (tertiary/aromatic N) is 3. The number of rotatable bonds is 1. The Kier molecular flexibility index (Phi) is 2.49. The highest BCUT2D eigenvalue weighted by molar-refractivity contribution is 5.89. The summed E-state index contributed by atoms with van der Waals surface area (Å²) in [7, 11) is 0. The zero-order chi connectivity index (χ0) is 13.5. The van der Waals surface area contributed by atoms with Crippen molar-refractivity contribution in [3.63, 3.8) is 0 Å². The molecule has 0 spiro atoms. The smallest absolute Gasteiger partial charge is 0.149 e. The molecule has 0 saturated heterocycles. The number of hydrogen-bond acceptors (Lipinski definition) is 3. The molecule has 20 heavy (non-hydrogen) atoms. The van der Waals surface area contributed by atoms with Gasteiger partial charge in [-0.2, -0.15) is 5.10 Å². The van der Waals surface area contributed by atoms with E-state index in [1.165, 1.54) is 29.5 Å². The van der Waals surface area contributed by atoms with Gasteiger partial charge in [-0.15, -0.1) is 0 Å². The molecule has 1 aliphatic rings. The molecule has 0 unspecified atom stereocenters. The summed E-state index contributed by atoms with van der Waals surface area (Å²) in [6, 6.07) is 8.27. The van der Waals surface area contributed by atoms with E-state index in [4.69, 9.17) is 5.73 Å². The Bertz CT molecular complexity index is 783. The summed E-state index contributed by atoms with van der Waals surface area (Å²) >= 11 is 0. The van der Waals surface area contributed by atoms with Gasteiger partial charge in [-0.3, -0.25) is 4.98 Å². The molecule has 2 aromatic heterocycles. The van der Waals surface area contributed by atoms with E-state index in [-0.39, 0.29) is 0 Å². The Morgan fingerprint density at radius 3 is 2.95 bits per heavy atom. The molecule has 2 heterocycles. The van der Waals surface area contributed by atoms with Gasteiger partial charge in [-0.05, 0) is 43.2 Å². The molecule has 100 valence electrons. The molecule has 0 radical (unpaired) electrons. The van der Waals surface area contributed by atoms with Crippen molar-refractivity contribution in [3.05, 3.63) is 47.9 Å². The molecular weight excluding hydrogens is 248 g/mol. The largest absolute Gasteiger partial charge is 0.382 e. The zero-order valence-corrected chi connectivity index (χ0v) is 11.2. The van der Waals surface area contributed by atoms with Crippen LogP contribution in [0.2, 0.25) is 0 Å². The topological polar surface area (TPSA) is 56.7 Å². The minimum absolute atomic E-state index is 0.681. The lowest BCUT2D eigenvalue weighted by atomic mass is 9.97. The third-order valence-corrected chi connectivity index (χ3v) is 4.10. The monoisotopic (exact) mass is 264 g/mol. The maximum Gasteiger partial charge on any atom is 0.149 e. The van der Waals surface area contributed by atoms with Crippen molar-refractivity contribution in [2.45, 2.75) is 25.7 Å². The van der Waals surface area contributed by atoms with Crippen LogP contribution in [0.1, 0.15) is 24.1 Å². The number of nitrogen functional groups attached to an aromatic ring is 1. The van der Waals surface area contributed by atoms with Gasteiger partial charge in [0.25, 0.3) is 0 Å². The predicted molar refractivity (Wildman–Crippen MR) is 79.9 cm³/mol. The first-order chi connectivity index (χ1) is 9.84. The van der Waals surface area contributed by atoms with Crippen molar-refractivity contribution in [1.29, 1.82) is 0 Å². The number of hydrogen-bond donors (Lipinski definition) is 1. The third kappa shape index (κ3) is 1.61. The molecule has 1 aromatic carbocycles. The van der Waals surface area contributed by atoms with Crippen LogP contribution in [0.3, 0.4) is 0 Å². The van der Waals surface area contributed by atoms with Crippen molar-refractivity contribution in [1.82, 2.24) is 14.8 Å². The second-order valence-corrected chi connectivity index (χ2v) is 5.30. The first-order valence-electron chi connectivity index (χ1n) is 7.04. The van der Waals surface area contributed by atoms with Gasteiger partial charge in [0.05, 0.1) is 5.69 Å². The van der Waals surface area contributed by atoms with E-state index >= 15 is 0 Å². The van der Waals surface area contributed by atoms with Crippen molar-refractivity contribution in [3.8, 4) is 5.69 Å². The van der Waals surface area contributed by atoms with Crippen LogP contribution in [-0.4, -0.2) is 14.8 Å². The van der Waals surface area contributed by atoms with Gasteiger partial charge in [-0.1, -0.05) is 12.1 Å². The molecule has 0 amide bonds. The summed E-state index contributed by atoms with van der Waals surface area (Å²) < 4.78 is 2.02. The van der Waals surface area contributed by atoms with Crippen molar-refractivity contribution >= 4 is 16.6 Å². The summed E-state index contributed by atoms with van der Waals surface area (Å²) in [5.41, 5.74) is 9.67. The summed E-state index contributed by atoms with van der Waals surface area (Å²) in [5.74, 6) is 0.681. The molecule has 4 heteroatoms. The fraction of sp³-hybridized carbons (Fsp3) is 0.250. The van der Waals surface area contributed by atoms with Gasteiger partial charge in [-0.25, -0.2) is 4.68 Å². The molecule has 0 atom stereocenters. The van der Waals surface area contributed by atoms with Crippen LogP contribution in [-0.2, 0) is 12.8 Å². The van der Waals surface area contributed by atoms with Crippen LogP contribution in [0.5, 0.6) is 0 Å².